The lowest BCUT2D eigenvalue weighted by Gasteiger charge is -2.06. The molecular weight excluding hydrogens is 458 g/mol. The monoisotopic (exact) mass is 494 g/mol. The number of ether oxygens (including phenoxy) is 1. The van der Waals surface area contributed by atoms with Crippen LogP contribution in [0.4, 0.5) is 26.3 Å². The SMILES string of the molecule is CCCCCCCCCCCCCCCCCC(=O)O.O=C(OC(=O)C(F)(F)F)C(F)(F)F. The Kier molecular flexibility index (Phi) is 19.9. The predicted molar refractivity (Wildman–Crippen MR) is 110 cm³/mol. The number of halogens is 6. The van der Waals surface area contributed by atoms with Crippen molar-refractivity contribution in [1.29, 1.82) is 0 Å². The first-order valence-electron chi connectivity index (χ1n) is 11.4. The smallest absolute Gasteiger partial charge is 0.481 e. The molecule has 0 atom stereocenters. The average Bonchev–Trinajstić information content (AvgIpc) is 2.69. The van der Waals surface area contributed by atoms with Crippen LogP contribution < -0.4 is 0 Å². The molecular formula is C22H36F6O5. The van der Waals surface area contributed by atoms with Gasteiger partial charge in [0.25, 0.3) is 0 Å². The summed E-state index contributed by atoms with van der Waals surface area (Å²) >= 11 is 0. The summed E-state index contributed by atoms with van der Waals surface area (Å²) in [5, 5.41) is 8.52. The Morgan fingerprint density at radius 3 is 1.09 bits per heavy atom. The van der Waals surface area contributed by atoms with Crippen molar-refractivity contribution in [1.82, 2.24) is 0 Å². The standard InChI is InChI=1S/C18H36O2.C4F6O3/c1-2-3-4-5-6-7-8-9-10-11-12-13-14-15-16-17-18(19)20;5-3(6,7)1(11)13-2(12)4(8,9)10/h2-17H2,1H3,(H,19,20);. The van der Waals surface area contributed by atoms with E-state index in [0.717, 1.165) is 12.8 Å². The number of carbonyl (C=O) groups excluding carboxylic acids is 2. The lowest BCUT2D eigenvalue weighted by atomic mass is 10.0. The minimum absolute atomic E-state index is 0.345. The molecule has 0 aliphatic rings. The van der Waals surface area contributed by atoms with Crippen molar-refractivity contribution in [2.75, 3.05) is 0 Å². The quantitative estimate of drug-likeness (QED) is 0.104. The Labute approximate surface area is 191 Å². The third-order valence-corrected chi connectivity index (χ3v) is 4.64. The molecule has 0 aromatic rings. The first kappa shape index (κ1) is 33.4. The van der Waals surface area contributed by atoms with Gasteiger partial charge < -0.3 is 9.84 Å². The molecule has 0 aliphatic heterocycles. The van der Waals surface area contributed by atoms with E-state index in [9.17, 15) is 40.7 Å². The molecule has 33 heavy (non-hydrogen) atoms. The summed E-state index contributed by atoms with van der Waals surface area (Å²) in [6.45, 7) is 2.27. The lowest BCUT2D eigenvalue weighted by Crippen LogP contribution is -2.34. The molecule has 1 N–H and O–H groups in total. The van der Waals surface area contributed by atoms with Crippen LogP contribution in [0.3, 0.4) is 0 Å². The van der Waals surface area contributed by atoms with Gasteiger partial charge in [-0.1, -0.05) is 96.8 Å². The zero-order valence-corrected chi connectivity index (χ0v) is 19.2. The molecule has 196 valence electrons. The summed E-state index contributed by atoms with van der Waals surface area (Å²) < 4.78 is 69.7. The molecule has 0 bridgehead atoms. The van der Waals surface area contributed by atoms with Crippen LogP contribution in [-0.2, 0) is 19.1 Å². The van der Waals surface area contributed by atoms with E-state index in [-0.39, 0.29) is 0 Å². The largest absolute Gasteiger partial charge is 0.491 e. The van der Waals surface area contributed by atoms with Crippen LogP contribution in [0.2, 0.25) is 0 Å². The van der Waals surface area contributed by atoms with Crippen molar-refractivity contribution in [3.05, 3.63) is 0 Å². The molecule has 0 aromatic carbocycles. The molecule has 0 saturated carbocycles. The summed E-state index contributed by atoms with van der Waals surface area (Å²) in [7, 11) is 0. The van der Waals surface area contributed by atoms with Crippen LogP contribution in [0.5, 0.6) is 0 Å². The van der Waals surface area contributed by atoms with Crippen LogP contribution in [-0.4, -0.2) is 35.4 Å². The first-order valence-corrected chi connectivity index (χ1v) is 11.4. The van der Waals surface area contributed by atoms with Gasteiger partial charge in [0.2, 0.25) is 0 Å². The summed E-state index contributed by atoms with van der Waals surface area (Å²) in [5.41, 5.74) is 0. The van der Waals surface area contributed by atoms with Crippen LogP contribution in [0, 0.1) is 0 Å². The molecule has 0 spiro atoms. The molecule has 0 heterocycles. The number of carboxylic acids is 1. The number of rotatable bonds is 16. The molecule has 0 fully saturated rings. The van der Waals surface area contributed by atoms with Crippen molar-refractivity contribution in [3.8, 4) is 0 Å². The van der Waals surface area contributed by atoms with Gasteiger partial charge in [-0.2, -0.15) is 26.3 Å². The fourth-order valence-electron chi connectivity index (χ4n) is 2.85. The highest BCUT2D eigenvalue weighted by Gasteiger charge is 2.49. The van der Waals surface area contributed by atoms with Gasteiger partial charge >= 0.3 is 30.3 Å². The number of aliphatic carboxylic acids is 1. The molecule has 0 radical (unpaired) electrons. The molecule has 0 unspecified atom stereocenters. The van der Waals surface area contributed by atoms with Crippen molar-refractivity contribution >= 4 is 17.9 Å². The Balaban J connectivity index is 0. The van der Waals surface area contributed by atoms with E-state index in [1.165, 1.54) is 83.5 Å². The molecule has 11 heteroatoms. The van der Waals surface area contributed by atoms with E-state index in [1.54, 1.807) is 0 Å². The Bertz CT molecular complexity index is 508. The van der Waals surface area contributed by atoms with Crippen molar-refractivity contribution in [2.24, 2.45) is 0 Å². The Hall–Kier alpha value is -1.81. The number of hydrogen-bond acceptors (Lipinski definition) is 4. The highest BCUT2D eigenvalue weighted by Crippen LogP contribution is 2.21. The second-order valence-electron chi connectivity index (χ2n) is 7.77. The van der Waals surface area contributed by atoms with E-state index >= 15 is 0 Å². The van der Waals surface area contributed by atoms with Gasteiger partial charge in [0.15, 0.2) is 0 Å². The third kappa shape index (κ3) is 24.7. The number of unbranched alkanes of at least 4 members (excludes halogenated alkanes) is 14. The summed E-state index contributed by atoms with van der Waals surface area (Å²) in [5.74, 6) is -7.05. The van der Waals surface area contributed by atoms with Crippen LogP contribution in [0.25, 0.3) is 0 Å². The molecule has 0 rings (SSSR count). The Morgan fingerprint density at radius 2 is 0.848 bits per heavy atom. The second-order valence-corrected chi connectivity index (χ2v) is 7.77. The van der Waals surface area contributed by atoms with E-state index in [4.69, 9.17) is 5.11 Å². The fraction of sp³-hybridized carbons (Fsp3) is 0.864. The maximum absolute atomic E-state index is 11.2. The summed E-state index contributed by atoms with van der Waals surface area (Å²) in [4.78, 5) is 29.6. The van der Waals surface area contributed by atoms with Gasteiger partial charge in [-0.05, 0) is 6.42 Å². The van der Waals surface area contributed by atoms with Gasteiger partial charge in [-0.3, -0.25) is 4.79 Å². The highest BCUT2D eigenvalue weighted by molar-refractivity contribution is 5.90. The zero-order valence-electron chi connectivity index (χ0n) is 19.2. The van der Waals surface area contributed by atoms with Crippen molar-refractivity contribution < 1.29 is 50.6 Å². The first-order chi connectivity index (χ1) is 15.3. The zero-order chi connectivity index (χ0) is 25.8. The summed E-state index contributed by atoms with van der Waals surface area (Å²) in [6.07, 6.45) is 8.95. The van der Waals surface area contributed by atoms with Crippen LogP contribution in [0.1, 0.15) is 110 Å². The highest BCUT2D eigenvalue weighted by atomic mass is 19.4. The Morgan fingerprint density at radius 1 is 0.576 bits per heavy atom. The molecule has 5 nitrogen and oxygen atoms in total. The number of alkyl halides is 6. The molecule has 0 aromatic heterocycles. The fourth-order valence-corrected chi connectivity index (χ4v) is 2.85. The number of esters is 2. The van der Waals surface area contributed by atoms with E-state index in [2.05, 4.69) is 11.7 Å². The number of carboxylic acid groups (broad SMARTS) is 1. The van der Waals surface area contributed by atoms with Crippen LogP contribution >= 0.6 is 0 Å². The van der Waals surface area contributed by atoms with Gasteiger partial charge in [0.1, 0.15) is 0 Å². The lowest BCUT2D eigenvalue weighted by molar-refractivity contribution is -0.221. The van der Waals surface area contributed by atoms with Crippen molar-refractivity contribution in [3.63, 3.8) is 0 Å². The second kappa shape index (κ2) is 19.6. The van der Waals surface area contributed by atoms with E-state index in [0.29, 0.717) is 6.42 Å². The van der Waals surface area contributed by atoms with Gasteiger partial charge in [0, 0.05) is 6.42 Å². The number of hydrogen-bond donors (Lipinski definition) is 1. The summed E-state index contributed by atoms with van der Waals surface area (Å²) in [6, 6.07) is 0. The third-order valence-electron chi connectivity index (χ3n) is 4.64. The van der Waals surface area contributed by atoms with E-state index < -0.39 is 30.3 Å². The average molecular weight is 495 g/mol. The normalized spacial score (nSPS) is 11.5. The molecule has 0 aliphatic carbocycles. The van der Waals surface area contributed by atoms with Crippen molar-refractivity contribution in [2.45, 2.75) is 122 Å². The maximum atomic E-state index is 11.2. The predicted octanol–water partition coefficient (Wildman–Crippen LogP) is 7.51. The number of carbonyl (C=O) groups is 3. The minimum atomic E-state index is -5.62. The van der Waals surface area contributed by atoms with Crippen LogP contribution in [0.15, 0.2) is 0 Å². The molecule has 0 amide bonds. The van der Waals surface area contributed by atoms with Gasteiger partial charge in [-0.15, -0.1) is 0 Å². The van der Waals surface area contributed by atoms with Gasteiger partial charge in [0.05, 0.1) is 0 Å². The maximum Gasteiger partial charge on any atom is 0.491 e. The van der Waals surface area contributed by atoms with Gasteiger partial charge in [-0.25, -0.2) is 9.59 Å². The molecule has 0 saturated heterocycles. The topological polar surface area (TPSA) is 80.7 Å². The minimum Gasteiger partial charge on any atom is -0.481 e. The van der Waals surface area contributed by atoms with E-state index in [1.807, 2.05) is 0 Å².